The monoisotopic (exact) mass is 221 g/mol. The highest BCUT2D eigenvalue weighted by atomic mass is 16.5. The number of aromatic nitrogens is 1. The molecular formula is C13H19NO2. The molecule has 1 aliphatic carbocycles. The van der Waals surface area contributed by atoms with Crippen LogP contribution in [-0.2, 0) is 6.42 Å². The van der Waals surface area contributed by atoms with Crippen molar-refractivity contribution in [2.45, 2.75) is 33.1 Å². The van der Waals surface area contributed by atoms with Crippen molar-refractivity contribution < 1.29 is 9.84 Å². The Kier molecular flexibility index (Phi) is 2.89. The lowest BCUT2D eigenvalue weighted by Crippen LogP contribution is -2.13. The fourth-order valence-electron chi connectivity index (χ4n) is 2.17. The smallest absolute Gasteiger partial charge is 0.128 e. The summed E-state index contributed by atoms with van der Waals surface area (Å²) in [6.07, 6.45) is 4.95. The third-order valence-electron chi connectivity index (χ3n) is 3.58. The zero-order valence-corrected chi connectivity index (χ0v) is 10.2. The average Bonchev–Trinajstić information content (AvgIpc) is 3.04. The van der Waals surface area contributed by atoms with Crippen LogP contribution in [0.5, 0.6) is 5.75 Å². The van der Waals surface area contributed by atoms with Crippen LogP contribution in [0.25, 0.3) is 0 Å². The van der Waals surface area contributed by atoms with Gasteiger partial charge in [-0.15, -0.1) is 0 Å². The van der Waals surface area contributed by atoms with E-state index in [9.17, 15) is 5.11 Å². The van der Waals surface area contributed by atoms with Crippen LogP contribution in [0, 0.1) is 19.3 Å². The molecule has 88 valence electrons. The molecule has 1 saturated carbocycles. The number of aryl methyl sites for hydroxylation is 1. The van der Waals surface area contributed by atoms with Crippen molar-refractivity contribution in [3.63, 3.8) is 0 Å². The zero-order chi connectivity index (χ0) is 11.8. The third kappa shape index (κ3) is 1.92. The minimum atomic E-state index is 0.109. The molecule has 1 aliphatic rings. The molecule has 3 heteroatoms. The van der Waals surface area contributed by atoms with Crippen molar-refractivity contribution in [1.82, 2.24) is 4.98 Å². The molecule has 0 atom stereocenters. The van der Waals surface area contributed by atoms with Crippen molar-refractivity contribution in [2.24, 2.45) is 5.41 Å². The fraction of sp³-hybridized carbons (Fsp3) is 0.615. The maximum Gasteiger partial charge on any atom is 0.128 e. The Morgan fingerprint density at radius 3 is 2.62 bits per heavy atom. The summed E-state index contributed by atoms with van der Waals surface area (Å²) in [5, 5.41) is 9.33. The van der Waals surface area contributed by atoms with Crippen LogP contribution in [-0.4, -0.2) is 23.8 Å². The lowest BCUT2D eigenvalue weighted by Gasteiger charge is -2.16. The van der Waals surface area contributed by atoms with E-state index in [1.54, 1.807) is 7.11 Å². The molecule has 0 radical (unpaired) electrons. The van der Waals surface area contributed by atoms with Crippen molar-refractivity contribution in [2.75, 3.05) is 13.7 Å². The van der Waals surface area contributed by atoms with Gasteiger partial charge in [-0.2, -0.15) is 0 Å². The third-order valence-corrected chi connectivity index (χ3v) is 3.58. The van der Waals surface area contributed by atoms with E-state index < -0.39 is 0 Å². The van der Waals surface area contributed by atoms with Crippen molar-refractivity contribution in [3.8, 4) is 5.75 Å². The summed E-state index contributed by atoms with van der Waals surface area (Å²) in [5.74, 6) is 0.929. The quantitative estimate of drug-likeness (QED) is 0.845. The molecule has 1 aromatic rings. The van der Waals surface area contributed by atoms with Crippen LogP contribution >= 0.6 is 0 Å². The maximum absolute atomic E-state index is 9.33. The Bertz CT molecular complexity index is 397. The molecule has 0 saturated heterocycles. The lowest BCUT2D eigenvalue weighted by molar-refractivity contribution is 0.210. The predicted molar refractivity (Wildman–Crippen MR) is 62.7 cm³/mol. The molecule has 3 nitrogen and oxygen atoms in total. The van der Waals surface area contributed by atoms with Gasteiger partial charge >= 0.3 is 0 Å². The van der Waals surface area contributed by atoms with Crippen LogP contribution in [0.4, 0.5) is 0 Å². The number of rotatable bonds is 4. The summed E-state index contributed by atoms with van der Waals surface area (Å²) in [5.41, 5.74) is 3.35. The van der Waals surface area contributed by atoms with E-state index in [0.717, 1.165) is 41.8 Å². The molecule has 0 spiro atoms. The summed E-state index contributed by atoms with van der Waals surface area (Å²) in [4.78, 5) is 4.47. The van der Waals surface area contributed by atoms with E-state index in [0.29, 0.717) is 0 Å². The van der Waals surface area contributed by atoms with Gasteiger partial charge in [-0.1, -0.05) is 0 Å². The summed E-state index contributed by atoms with van der Waals surface area (Å²) >= 11 is 0. The summed E-state index contributed by atoms with van der Waals surface area (Å²) in [6, 6.07) is 0. The summed E-state index contributed by atoms with van der Waals surface area (Å²) in [6.45, 7) is 4.31. The number of pyridine rings is 1. The van der Waals surface area contributed by atoms with Gasteiger partial charge in [0, 0.05) is 29.6 Å². The molecular weight excluding hydrogens is 202 g/mol. The van der Waals surface area contributed by atoms with Crippen molar-refractivity contribution in [1.29, 1.82) is 0 Å². The van der Waals surface area contributed by atoms with E-state index in [1.807, 2.05) is 20.0 Å². The van der Waals surface area contributed by atoms with Gasteiger partial charge in [0.05, 0.1) is 7.11 Å². The highest BCUT2D eigenvalue weighted by Gasteiger charge is 2.42. The van der Waals surface area contributed by atoms with Crippen molar-refractivity contribution >= 4 is 0 Å². The minimum Gasteiger partial charge on any atom is -0.496 e. The highest BCUT2D eigenvalue weighted by Crippen LogP contribution is 2.48. The van der Waals surface area contributed by atoms with Gasteiger partial charge in [-0.05, 0) is 38.5 Å². The molecule has 0 bridgehead atoms. The molecule has 0 aliphatic heterocycles. The van der Waals surface area contributed by atoms with Gasteiger partial charge < -0.3 is 9.84 Å². The van der Waals surface area contributed by atoms with Gasteiger partial charge in [-0.3, -0.25) is 4.98 Å². The van der Waals surface area contributed by atoms with Crippen molar-refractivity contribution in [3.05, 3.63) is 23.0 Å². The Morgan fingerprint density at radius 2 is 2.12 bits per heavy atom. The number of ether oxygens (including phenoxy) is 1. The normalized spacial score (nSPS) is 17.2. The number of hydrogen-bond donors (Lipinski definition) is 1. The largest absolute Gasteiger partial charge is 0.496 e. The first-order chi connectivity index (χ1) is 7.62. The molecule has 0 unspecified atom stereocenters. The van der Waals surface area contributed by atoms with Crippen LogP contribution in [0.1, 0.15) is 29.7 Å². The minimum absolute atomic E-state index is 0.109. The second-order valence-electron chi connectivity index (χ2n) is 4.88. The molecule has 1 aromatic heterocycles. The van der Waals surface area contributed by atoms with Crippen LogP contribution < -0.4 is 4.74 Å². The zero-order valence-electron chi connectivity index (χ0n) is 10.2. The van der Waals surface area contributed by atoms with E-state index >= 15 is 0 Å². The number of aliphatic hydroxyl groups excluding tert-OH is 1. The molecule has 2 rings (SSSR count). The van der Waals surface area contributed by atoms with Crippen LogP contribution in [0.3, 0.4) is 0 Å². The second-order valence-corrected chi connectivity index (χ2v) is 4.88. The predicted octanol–water partition coefficient (Wildman–Crippen LogP) is 2.02. The Morgan fingerprint density at radius 1 is 1.44 bits per heavy atom. The summed E-state index contributed by atoms with van der Waals surface area (Å²) in [7, 11) is 1.69. The van der Waals surface area contributed by atoms with Gasteiger partial charge in [0.2, 0.25) is 0 Å². The second kappa shape index (κ2) is 4.06. The van der Waals surface area contributed by atoms with E-state index in [1.165, 1.54) is 0 Å². The number of nitrogens with zero attached hydrogens (tertiary/aromatic N) is 1. The Hall–Kier alpha value is -1.09. The van der Waals surface area contributed by atoms with Crippen LogP contribution in [0.15, 0.2) is 6.20 Å². The molecule has 1 N–H and O–H groups in total. The van der Waals surface area contributed by atoms with E-state index in [2.05, 4.69) is 4.98 Å². The van der Waals surface area contributed by atoms with Gasteiger partial charge in [0.15, 0.2) is 0 Å². The molecule has 0 amide bonds. The highest BCUT2D eigenvalue weighted by molar-refractivity contribution is 5.41. The Labute approximate surface area is 96.5 Å². The first-order valence-corrected chi connectivity index (χ1v) is 5.72. The first-order valence-electron chi connectivity index (χ1n) is 5.72. The van der Waals surface area contributed by atoms with E-state index in [-0.39, 0.29) is 12.0 Å². The maximum atomic E-state index is 9.33. The first kappa shape index (κ1) is 11.4. The SMILES string of the molecule is COc1c(C)cnc(CC2(CO)CC2)c1C. The number of methoxy groups -OCH3 is 1. The molecule has 16 heavy (non-hydrogen) atoms. The standard InChI is InChI=1S/C13H19NO2/c1-9-7-14-11(10(2)12(9)16-3)6-13(8-15)4-5-13/h7,15H,4-6,8H2,1-3H3. The summed E-state index contributed by atoms with van der Waals surface area (Å²) < 4.78 is 5.38. The Balaban J connectivity index is 2.28. The lowest BCUT2D eigenvalue weighted by atomic mass is 9.97. The molecule has 1 fully saturated rings. The van der Waals surface area contributed by atoms with Gasteiger partial charge in [-0.25, -0.2) is 0 Å². The number of hydrogen-bond acceptors (Lipinski definition) is 3. The fourth-order valence-corrected chi connectivity index (χ4v) is 2.17. The average molecular weight is 221 g/mol. The van der Waals surface area contributed by atoms with E-state index in [4.69, 9.17) is 4.74 Å². The number of aliphatic hydroxyl groups is 1. The topological polar surface area (TPSA) is 42.4 Å². The van der Waals surface area contributed by atoms with Crippen LogP contribution in [0.2, 0.25) is 0 Å². The molecule has 0 aromatic carbocycles. The van der Waals surface area contributed by atoms with Gasteiger partial charge in [0.25, 0.3) is 0 Å². The molecule has 1 heterocycles. The van der Waals surface area contributed by atoms with Gasteiger partial charge in [0.1, 0.15) is 5.75 Å².